The summed E-state index contributed by atoms with van der Waals surface area (Å²) in [6.07, 6.45) is 0. The van der Waals surface area contributed by atoms with Gasteiger partial charge < -0.3 is 14.5 Å². The van der Waals surface area contributed by atoms with E-state index in [1.54, 1.807) is 7.11 Å². The molecule has 1 N–H and O–H groups in total. The van der Waals surface area contributed by atoms with Gasteiger partial charge >= 0.3 is 5.63 Å². The third-order valence-electron chi connectivity index (χ3n) is 5.77. The SMILES string of the molecule is COCCN(CC(=O)Nc1cccc(C)c1C)Cc1cc(=O)oc2c(C)c(C)ccc12. The number of benzene rings is 2. The first-order valence-electron chi connectivity index (χ1n) is 10.4. The third kappa shape index (κ3) is 5.40. The van der Waals surface area contributed by atoms with Gasteiger partial charge in [0.15, 0.2) is 0 Å². The average molecular weight is 423 g/mol. The lowest BCUT2D eigenvalue weighted by Gasteiger charge is -2.22. The summed E-state index contributed by atoms with van der Waals surface area (Å²) in [6, 6.07) is 11.4. The number of ether oxygens (including phenoxy) is 1. The van der Waals surface area contributed by atoms with E-state index in [1.165, 1.54) is 6.07 Å². The minimum atomic E-state index is -0.386. The highest BCUT2D eigenvalue weighted by Crippen LogP contribution is 2.24. The molecule has 0 fully saturated rings. The van der Waals surface area contributed by atoms with Crippen LogP contribution in [0.5, 0.6) is 0 Å². The second-order valence-corrected chi connectivity index (χ2v) is 7.97. The Hall–Kier alpha value is -2.96. The Morgan fingerprint density at radius 1 is 1.06 bits per heavy atom. The molecule has 6 heteroatoms. The highest BCUT2D eigenvalue weighted by atomic mass is 16.5. The number of nitrogens with zero attached hydrogens (tertiary/aromatic N) is 1. The lowest BCUT2D eigenvalue weighted by molar-refractivity contribution is -0.117. The third-order valence-corrected chi connectivity index (χ3v) is 5.77. The van der Waals surface area contributed by atoms with Crippen molar-refractivity contribution in [3.63, 3.8) is 0 Å². The van der Waals surface area contributed by atoms with Crippen LogP contribution < -0.4 is 10.9 Å². The molecule has 0 aliphatic rings. The van der Waals surface area contributed by atoms with Crippen LogP contribution in [-0.4, -0.2) is 37.6 Å². The smallest absolute Gasteiger partial charge is 0.336 e. The lowest BCUT2D eigenvalue weighted by Crippen LogP contribution is -2.35. The van der Waals surface area contributed by atoms with E-state index in [9.17, 15) is 9.59 Å². The fourth-order valence-corrected chi connectivity index (χ4v) is 3.61. The summed E-state index contributed by atoms with van der Waals surface area (Å²) in [5, 5.41) is 3.90. The van der Waals surface area contributed by atoms with Crippen LogP contribution in [-0.2, 0) is 16.1 Å². The maximum atomic E-state index is 12.8. The van der Waals surface area contributed by atoms with Crippen molar-refractivity contribution in [2.24, 2.45) is 0 Å². The summed E-state index contributed by atoms with van der Waals surface area (Å²) in [5.41, 5.74) is 6.07. The highest BCUT2D eigenvalue weighted by Gasteiger charge is 2.16. The zero-order chi connectivity index (χ0) is 22.5. The van der Waals surface area contributed by atoms with Gasteiger partial charge in [0.05, 0.1) is 13.2 Å². The molecule has 0 aliphatic heterocycles. The zero-order valence-corrected chi connectivity index (χ0v) is 18.9. The Kier molecular flexibility index (Phi) is 7.25. The number of hydrogen-bond donors (Lipinski definition) is 1. The Balaban J connectivity index is 1.85. The number of rotatable bonds is 8. The van der Waals surface area contributed by atoms with Gasteiger partial charge in [-0.1, -0.05) is 24.3 Å². The molecular weight excluding hydrogens is 392 g/mol. The quantitative estimate of drug-likeness (QED) is 0.553. The predicted molar refractivity (Wildman–Crippen MR) is 124 cm³/mol. The lowest BCUT2D eigenvalue weighted by atomic mass is 10.0. The molecule has 0 radical (unpaired) electrons. The molecule has 1 heterocycles. The van der Waals surface area contributed by atoms with Crippen molar-refractivity contribution >= 4 is 22.6 Å². The average Bonchev–Trinajstić information content (AvgIpc) is 2.72. The van der Waals surface area contributed by atoms with E-state index in [0.717, 1.165) is 38.9 Å². The number of hydrogen-bond acceptors (Lipinski definition) is 5. The fraction of sp³-hybridized carbons (Fsp3) is 0.360. The molecule has 2 aromatic carbocycles. The van der Waals surface area contributed by atoms with Gasteiger partial charge in [-0.15, -0.1) is 0 Å². The second kappa shape index (κ2) is 9.90. The monoisotopic (exact) mass is 422 g/mol. The number of methoxy groups -OCH3 is 1. The molecule has 1 amide bonds. The summed E-state index contributed by atoms with van der Waals surface area (Å²) in [5.74, 6) is -0.107. The van der Waals surface area contributed by atoms with E-state index in [4.69, 9.17) is 9.15 Å². The van der Waals surface area contributed by atoms with Crippen molar-refractivity contribution in [2.45, 2.75) is 34.2 Å². The topological polar surface area (TPSA) is 71.8 Å². The van der Waals surface area contributed by atoms with Gasteiger partial charge in [-0.05, 0) is 61.6 Å². The van der Waals surface area contributed by atoms with Gasteiger partial charge in [-0.3, -0.25) is 9.69 Å². The Bertz CT molecular complexity index is 1150. The molecule has 6 nitrogen and oxygen atoms in total. The first-order valence-corrected chi connectivity index (χ1v) is 10.4. The molecule has 1 aromatic heterocycles. The Morgan fingerprint density at radius 3 is 2.55 bits per heavy atom. The molecular formula is C25H30N2O4. The maximum Gasteiger partial charge on any atom is 0.336 e. The van der Waals surface area contributed by atoms with Gasteiger partial charge in [0.1, 0.15) is 5.58 Å². The van der Waals surface area contributed by atoms with Gasteiger partial charge in [-0.25, -0.2) is 4.79 Å². The van der Waals surface area contributed by atoms with Crippen LogP contribution in [0.4, 0.5) is 5.69 Å². The van der Waals surface area contributed by atoms with Crippen LogP contribution in [0.15, 0.2) is 45.6 Å². The molecule has 0 bridgehead atoms. The molecule has 3 aromatic rings. The standard InChI is InChI=1S/C25H30N2O4/c1-16-7-6-8-22(18(16)3)26-23(28)15-27(11-12-30-5)14-20-13-24(29)31-25-19(4)17(2)9-10-21(20)25/h6-10,13H,11-12,14-15H2,1-5H3,(H,26,28). The largest absolute Gasteiger partial charge is 0.422 e. The first kappa shape index (κ1) is 22.7. The number of aryl methyl sites for hydroxylation is 3. The van der Waals surface area contributed by atoms with Crippen molar-refractivity contribution in [2.75, 3.05) is 32.1 Å². The van der Waals surface area contributed by atoms with Crippen molar-refractivity contribution in [1.29, 1.82) is 0 Å². The number of nitrogens with one attached hydrogen (secondary N) is 1. The van der Waals surface area contributed by atoms with Crippen LogP contribution in [0.3, 0.4) is 0 Å². The van der Waals surface area contributed by atoms with Gasteiger partial charge in [0, 0.05) is 37.3 Å². The van der Waals surface area contributed by atoms with E-state index in [2.05, 4.69) is 5.32 Å². The van der Waals surface area contributed by atoms with Crippen LogP contribution in [0.25, 0.3) is 11.0 Å². The number of anilines is 1. The number of fused-ring (bicyclic) bond motifs is 1. The van der Waals surface area contributed by atoms with Gasteiger partial charge in [-0.2, -0.15) is 0 Å². The summed E-state index contributed by atoms with van der Waals surface area (Å²) < 4.78 is 10.7. The normalized spacial score (nSPS) is 11.3. The molecule has 3 rings (SSSR count). The predicted octanol–water partition coefficient (Wildman–Crippen LogP) is 4.11. The molecule has 0 saturated heterocycles. The van der Waals surface area contributed by atoms with Crippen molar-refractivity contribution in [1.82, 2.24) is 4.90 Å². The molecule has 31 heavy (non-hydrogen) atoms. The number of carbonyl (C=O) groups is 1. The second-order valence-electron chi connectivity index (χ2n) is 7.97. The van der Waals surface area contributed by atoms with E-state index in [0.29, 0.717) is 25.3 Å². The van der Waals surface area contributed by atoms with Gasteiger partial charge in [0.25, 0.3) is 0 Å². The van der Waals surface area contributed by atoms with E-state index < -0.39 is 0 Å². The van der Waals surface area contributed by atoms with Crippen LogP contribution in [0.1, 0.15) is 27.8 Å². The zero-order valence-electron chi connectivity index (χ0n) is 18.9. The highest BCUT2D eigenvalue weighted by molar-refractivity contribution is 5.93. The number of amides is 1. The van der Waals surface area contributed by atoms with E-state index in [-0.39, 0.29) is 18.1 Å². The molecule has 164 valence electrons. The fourth-order valence-electron chi connectivity index (χ4n) is 3.61. The van der Waals surface area contributed by atoms with E-state index in [1.807, 2.05) is 62.9 Å². The Morgan fingerprint density at radius 2 is 1.81 bits per heavy atom. The minimum absolute atomic E-state index is 0.107. The molecule has 0 saturated carbocycles. The Labute approximate surface area is 182 Å². The van der Waals surface area contributed by atoms with Crippen LogP contribution >= 0.6 is 0 Å². The first-order chi connectivity index (χ1) is 14.8. The van der Waals surface area contributed by atoms with Crippen LogP contribution in [0, 0.1) is 27.7 Å². The van der Waals surface area contributed by atoms with Gasteiger partial charge in [0.2, 0.25) is 5.91 Å². The molecule has 0 spiro atoms. The minimum Gasteiger partial charge on any atom is -0.422 e. The van der Waals surface area contributed by atoms with Crippen molar-refractivity contribution in [3.8, 4) is 0 Å². The summed E-state index contributed by atoms with van der Waals surface area (Å²) in [6.45, 7) is 9.61. The molecule has 0 atom stereocenters. The van der Waals surface area contributed by atoms with Crippen molar-refractivity contribution < 1.29 is 13.9 Å². The van der Waals surface area contributed by atoms with Crippen LogP contribution in [0.2, 0.25) is 0 Å². The maximum absolute atomic E-state index is 12.8. The summed E-state index contributed by atoms with van der Waals surface area (Å²) >= 11 is 0. The van der Waals surface area contributed by atoms with E-state index >= 15 is 0 Å². The number of carbonyl (C=O) groups excluding carboxylic acids is 1. The summed E-state index contributed by atoms with van der Waals surface area (Å²) in [7, 11) is 1.63. The van der Waals surface area contributed by atoms with Crippen molar-refractivity contribution in [3.05, 3.63) is 74.6 Å². The molecule has 0 unspecified atom stereocenters. The summed E-state index contributed by atoms with van der Waals surface area (Å²) in [4.78, 5) is 27.0. The molecule has 0 aliphatic carbocycles.